The first kappa shape index (κ1) is 13.0. The van der Waals surface area contributed by atoms with E-state index in [2.05, 4.69) is 0 Å². The van der Waals surface area contributed by atoms with Gasteiger partial charge in [0, 0.05) is 5.92 Å². The van der Waals surface area contributed by atoms with Crippen LogP contribution in [0.25, 0.3) is 0 Å². The molecule has 2 unspecified atom stereocenters. The van der Waals surface area contributed by atoms with Gasteiger partial charge in [0.25, 0.3) is 5.60 Å². The molecule has 0 spiro atoms. The maximum atomic E-state index is 12.6. The molecule has 1 N–H and O–H groups in total. The van der Waals surface area contributed by atoms with E-state index in [0.29, 0.717) is 19.3 Å². The zero-order chi connectivity index (χ0) is 13.1. The smallest absolute Gasteiger partial charge is 0.373 e. The van der Waals surface area contributed by atoms with Crippen LogP contribution in [-0.4, -0.2) is 23.1 Å². The molecule has 0 aromatic carbocycles. The summed E-state index contributed by atoms with van der Waals surface area (Å²) in [4.78, 5) is 0. The molecule has 100 valence electrons. The zero-order valence-corrected chi connectivity index (χ0v) is 8.78. The third-order valence-electron chi connectivity index (χ3n) is 4.14. The minimum atomic E-state index is -5.67. The number of aliphatic hydroxyl groups is 1. The van der Waals surface area contributed by atoms with Gasteiger partial charge in [-0.2, -0.15) is 26.3 Å². The highest BCUT2D eigenvalue weighted by Gasteiger charge is 2.75. The summed E-state index contributed by atoms with van der Waals surface area (Å²) in [5, 5.41) is 9.26. The van der Waals surface area contributed by atoms with Crippen molar-refractivity contribution in [3.8, 4) is 0 Å². The minimum Gasteiger partial charge on any atom is -0.373 e. The number of hydrogen-bond donors (Lipinski definition) is 1. The fourth-order valence-electron chi connectivity index (χ4n) is 3.34. The molecule has 17 heavy (non-hydrogen) atoms. The van der Waals surface area contributed by atoms with Crippen LogP contribution in [-0.2, 0) is 0 Å². The maximum Gasteiger partial charge on any atom is 0.426 e. The molecular formula is C10H12F6O. The molecule has 2 rings (SSSR count). The fourth-order valence-corrected chi connectivity index (χ4v) is 3.34. The van der Waals surface area contributed by atoms with Gasteiger partial charge in [-0.15, -0.1) is 0 Å². The van der Waals surface area contributed by atoms with Gasteiger partial charge in [0.2, 0.25) is 0 Å². The molecule has 0 amide bonds. The molecule has 0 heterocycles. The van der Waals surface area contributed by atoms with E-state index in [-0.39, 0.29) is 12.3 Å². The summed E-state index contributed by atoms with van der Waals surface area (Å²) >= 11 is 0. The summed E-state index contributed by atoms with van der Waals surface area (Å²) in [6.07, 6.45) is -10.1. The average Bonchev–Trinajstić information content (AvgIpc) is 2.73. The molecular weight excluding hydrogens is 250 g/mol. The highest BCUT2D eigenvalue weighted by Crippen LogP contribution is 2.59. The second kappa shape index (κ2) is 3.52. The van der Waals surface area contributed by atoms with E-state index < -0.39 is 29.8 Å². The van der Waals surface area contributed by atoms with E-state index in [4.69, 9.17) is 0 Å². The average molecular weight is 262 g/mol. The lowest BCUT2D eigenvalue weighted by Crippen LogP contribution is -2.62. The second-order valence-corrected chi connectivity index (χ2v) is 5.04. The van der Waals surface area contributed by atoms with Crippen LogP contribution in [0.15, 0.2) is 0 Å². The number of rotatable bonds is 1. The Kier molecular flexibility index (Phi) is 2.69. The van der Waals surface area contributed by atoms with E-state index in [1.807, 2.05) is 0 Å². The summed E-state index contributed by atoms with van der Waals surface area (Å²) < 4.78 is 75.6. The molecule has 2 aliphatic rings. The highest BCUT2D eigenvalue weighted by molar-refractivity contribution is 5.06. The van der Waals surface area contributed by atoms with Gasteiger partial charge in [-0.3, -0.25) is 0 Å². The van der Waals surface area contributed by atoms with Crippen LogP contribution in [0.2, 0.25) is 0 Å². The summed E-state index contributed by atoms with van der Waals surface area (Å²) in [6, 6.07) is 0. The van der Waals surface area contributed by atoms with Crippen molar-refractivity contribution in [3.05, 3.63) is 0 Å². The summed E-state index contributed by atoms with van der Waals surface area (Å²) in [6.45, 7) is 0. The number of fused-ring (bicyclic) bond motifs is 2. The van der Waals surface area contributed by atoms with Gasteiger partial charge in [0.1, 0.15) is 0 Å². The Hall–Kier alpha value is -0.460. The Morgan fingerprint density at radius 2 is 1.35 bits per heavy atom. The van der Waals surface area contributed by atoms with Crippen LogP contribution in [0.5, 0.6) is 0 Å². The van der Waals surface area contributed by atoms with Crippen molar-refractivity contribution in [2.45, 2.75) is 43.6 Å². The Labute approximate surface area is 93.8 Å². The summed E-state index contributed by atoms with van der Waals surface area (Å²) in [5.74, 6) is -2.49. The van der Waals surface area contributed by atoms with Gasteiger partial charge < -0.3 is 5.11 Å². The van der Waals surface area contributed by atoms with Crippen molar-refractivity contribution >= 4 is 0 Å². The predicted molar refractivity (Wildman–Crippen MR) is 46.0 cm³/mol. The van der Waals surface area contributed by atoms with Gasteiger partial charge in [-0.25, -0.2) is 0 Å². The van der Waals surface area contributed by atoms with E-state index in [1.165, 1.54) is 0 Å². The molecule has 2 fully saturated rings. The molecule has 2 aliphatic carbocycles. The highest BCUT2D eigenvalue weighted by atomic mass is 19.4. The van der Waals surface area contributed by atoms with Gasteiger partial charge in [0.15, 0.2) is 0 Å². The molecule has 0 saturated heterocycles. The molecule has 1 nitrogen and oxygen atoms in total. The quantitative estimate of drug-likeness (QED) is 0.719. The Morgan fingerprint density at radius 3 is 1.65 bits per heavy atom. The summed E-state index contributed by atoms with van der Waals surface area (Å²) in [7, 11) is 0. The predicted octanol–water partition coefficient (Wildman–Crippen LogP) is 3.28. The van der Waals surface area contributed by atoms with E-state index >= 15 is 0 Å². The van der Waals surface area contributed by atoms with Crippen LogP contribution in [0.4, 0.5) is 26.3 Å². The molecule has 0 radical (unpaired) electrons. The van der Waals surface area contributed by atoms with Gasteiger partial charge >= 0.3 is 12.4 Å². The second-order valence-electron chi connectivity index (χ2n) is 5.04. The topological polar surface area (TPSA) is 20.2 Å². The number of alkyl halides is 6. The Morgan fingerprint density at radius 1 is 0.824 bits per heavy atom. The zero-order valence-electron chi connectivity index (χ0n) is 8.78. The largest absolute Gasteiger partial charge is 0.426 e. The van der Waals surface area contributed by atoms with Crippen LogP contribution < -0.4 is 0 Å². The monoisotopic (exact) mass is 262 g/mol. The Balaban J connectivity index is 2.35. The van der Waals surface area contributed by atoms with Crippen LogP contribution in [0.1, 0.15) is 25.7 Å². The first-order valence-corrected chi connectivity index (χ1v) is 5.43. The fraction of sp³-hybridized carbons (Fsp3) is 1.00. The van der Waals surface area contributed by atoms with Crippen molar-refractivity contribution in [3.63, 3.8) is 0 Å². The third-order valence-corrected chi connectivity index (χ3v) is 4.14. The van der Waals surface area contributed by atoms with Crippen molar-refractivity contribution in [1.82, 2.24) is 0 Å². The van der Waals surface area contributed by atoms with Crippen molar-refractivity contribution in [2.24, 2.45) is 17.8 Å². The van der Waals surface area contributed by atoms with Crippen molar-refractivity contribution < 1.29 is 31.4 Å². The molecule has 2 saturated carbocycles. The first-order valence-electron chi connectivity index (χ1n) is 5.43. The molecule has 7 heteroatoms. The van der Waals surface area contributed by atoms with Gasteiger partial charge in [0.05, 0.1) is 0 Å². The molecule has 2 bridgehead atoms. The minimum absolute atomic E-state index is 0.0961. The van der Waals surface area contributed by atoms with E-state index in [9.17, 15) is 31.4 Å². The molecule has 0 aliphatic heterocycles. The van der Waals surface area contributed by atoms with E-state index in [1.54, 1.807) is 0 Å². The van der Waals surface area contributed by atoms with Gasteiger partial charge in [-0.05, 0) is 31.1 Å². The molecule has 0 aromatic heterocycles. The maximum absolute atomic E-state index is 12.6. The standard InChI is InChI=1S/C10H12F6O/c11-9(12,13)8(17,10(14,15)16)7-4-5-1-2-6(7)3-5/h5-7,17H,1-4H2/t5?,6-,7?/m1/s1. The Bertz CT molecular complexity index is 293. The molecule has 3 atom stereocenters. The van der Waals surface area contributed by atoms with Crippen LogP contribution in [0, 0.1) is 17.8 Å². The van der Waals surface area contributed by atoms with Gasteiger partial charge in [-0.1, -0.05) is 6.42 Å². The SMILES string of the molecule is OC(C1CC2CC[C@@H]1C2)(C(F)(F)F)C(F)(F)F. The van der Waals surface area contributed by atoms with Crippen molar-refractivity contribution in [2.75, 3.05) is 0 Å². The number of halogens is 6. The lowest BCUT2D eigenvalue weighted by molar-refractivity contribution is -0.388. The normalized spacial score (nSPS) is 34.4. The van der Waals surface area contributed by atoms with Crippen molar-refractivity contribution in [1.29, 1.82) is 0 Å². The number of hydrogen-bond acceptors (Lipinski definition) is 1. The van der Waals surface area contributed by atoms with Crippen LogP contribution >= 0.6 is 0 Å². The lowest BCUT2D eigenvalue weighted by atomic mass is 9.75. The first-order chi connectivity index (χ1) is 7.57. The molecule has 0 aromatic rings. The van der Waals surface area contributed by atoms with Crippen LogP contribution in [0.3, 0.4) is 0 Å². The third kappa shape index (κ3) is 1.73. The van der Waals surface area contributed by atoms with E-state index in [0.717, 1.165) is 0 Å². The summed E-state index contributed by atoms with van der Waals surface area (Å²) in [5.41, 5.74) is -4.54. The lowest BCUT2D eigenvalue weighted by Gasteiger charge is -2.40.